The largest absolute Gasteiger partial charge is 0.389 e. The van der Waals surface area contributed by atoms with Crippen LogP contribution in [0.2, 0.25) is 0 Å². The fourth-order valence-electron chi connectivity index (χ4n) is 1.87. The van der Waals surface area contributed by atoms with Crippen molar-refractivity contribution in [3.8, 4) is 0 Å². The van der Waals surface area contributed by atoms with Crippen LogP contribution < -0.4 is 5.32 Å². The van der Waals surface area contributed by atoms with Crippen molar-refractivity contribution in [3.05, 3.63) is 12.7 Å². The predicted octanol–water partition coefficient (Wildman–Crippen LogP) is 0.125. The molecular weight excluding hydrogens is 220 g/mol. The first-order valence-corrected chi connectivity index (χ1v) is 5.72. The van der Waals surface area contributed by atoms with Gasteiger partial charge in [0.15, 0.2) is 5.84 Å². The molecule has 1 rings (SSSR count). The molecule has 0 aromatic heterocycles. The lowest BCUT2D eigenvalue weighted by Gasteiger charge is -2.14. The molecule has 0 amide bonds. The number of hydrogen-bond acceptors (Lipinski definition) is 5. The summed E-state index contributed by atoms with van der Waals surface area (Å²) in [7, 11) is 1.59. The Hall–Kier alpha value is -1.11. The highest BCUT2D eigenvalue weighted by Gasteiger charge is 2.42. The third-order valence-corrected chi connectivity index (χ3v) is 2.74. The molecule has 0 radical (unpaired) electrons. The normalized spacial score (nSPS) is 34.5. The van der Waals surface area contributed by atoms with E-state index in [1.807, 2.05) is 6.92 Å². The van der Waals surface area contributed by atoms with Gasteiger partial charge < -0.3 is 10.2 Å². The smallest absolute Gasteiger partial charge is 0.165 e. The Morgan fingerprint density at radius 3 is 2.65 bits per heavy atom. The Labute approximate surface area is 101 Å². The molecule has 1 saturated heterocycles. The SMILES string of the molecule is C=CC[C@@H]1N[C@H](C(N=NCC)=NC)[C@@H](O)[C@H]1O. The molecule has 0 aliphatic carbocycles. The number of aliphatic imine (C=N–C) groups is 1. The van der Waals surface area contributed by atoms with Gasteiger partial charge in [-0.3, -0.25) is 10.3 Å². The number of nitrogens with one attached hydrogen (secondary N) is 1. The summed E-state index contributed by atoms with van der Waals surface area (Å²) < 4.78 is 0. The molecule has 6 heteroatoms. The molecular formula is C11H20N4O2. The van der Waals surface area contributed by atoms with Crippen LogP contribution >= 0.6 is 0 Å². The number of rotatable bonds is 4. The average molecular weight is 240 g/mol. The second kappa shape index (κ2) is 6.58. The summed E-state index contributed by atoms with van der Waals surface area (Å²) in [6.07, 6.45) is 0.518. The zero-order chi connectivity index (χ0) is 12.8. The molecule has 0 aromatic carbocycles. The second-order valence-corrected chi connectivity index (χ2v) is 3.90. The van der Waals surface area contributed by atoms with E-state index in [0.717, 1.165) is 0 Å². The highest BCUT2D eigenvalue weighted by Crippen LogP contribution is 2.19. The molecule has 3 N–H and O–H groups in total. The summed E-state index contributed by atoms with van der Waals surface area (Å²) >= 11 is 0. The first kappa shape index (κ1) is 14.0. The first-order chi connectivity index (χ1) is 8.15. The van der Waals surface area contributed by atoms with Gasteiger partial charge in [-0.2, -0.15) is 5.11 Å². The van der Waals surface area contributed by atoms with Crippen molar-refractivity contribution in [1.29, 1.82) is 0 Å². The van der Waals surface area contributed by atoms with Crippen LogP contribution in [0.25, 0.3) is 0 Å². The fraction of sp³-hybridized carbons (Fsp3) is 0.727. The van der Waals surface area contributed by atoms with Crippen molar-refractivity contribution in [2.24, 2.45) is 15.2 Å². The highest BCUT2D eigenvalue weighted by molar-refractivity contribution is 5.88. The van der Waals surface area contributed by atoms with Gasteiger partial charge >= 0.3 is 0 Å². The number of aliphatic hydroxyl groups excluding tert-OH is 2. The van der Waals surface area contributed by atoms with Gasteiger partial charge in [-0.1, -0.05) is 6.08 Å². The van der Waals surface area contributed by atoms with Crippen molar-refractivity contribution in [2.45, 2.75) is 37.6 Å². The van der Waals surface area contributed by atoms with Gasteiger partial charge in [0.05, 0.1) is 18.7 Å². The van der Waals surface area contributed by atoms with E-state index in [1.54, 1.807) is 13.1 Å². The van der Waals surface area contributed by atoms with Crippen LogP contribution in [0.4, 0.5) is 0 Å². The summed E-state index contributed by atoms with van der Waals surface area (Å²) in [6.45, 7) is 6.04. The maximum Gasteiger partial charge on any atom is 0.165 e. The van der Waals surface area contributed by atoms with Crippen molar-refractivity contribution in [3.63, 3.8) is 0 Å². The van der Waals surface area contributed by atoms with E-state index in [4.69, 9.17) is 0 Å². The third-order valence-electron chi connectivity index (χ3n) is 2.74. The second-order valence-electron chi connectivity index (χ2n) is 3.90. The molecule has 0 spiro atoms. The van der Waals surface area contributed by atoms with Gasteiger partial charge in [-0.05, 0) is 13.3 Å². The van der Waals surface area contributed by atoms with Crippen LogP contribution in [0.15, 0.2) is 27.9 Å². The van der Waals surface area contributed by atoms with E-state index in [2.05, 4.69) is 27.1 Å². The van der Waals surface area contributed by atoms with Crippen LogP contribution in [-0.4, -0.2) is 53.9 Å². The molecule has 0 aromatic rings. The maximum absolute atomic E-state index is 9.93. The third kappa shape index (κ3) is 3.18. The maximum atomic E-state index is 9.93. The molecule has 96 valence electrons. The zero-order valence-corrected chi connectivity index (χ0v) is 10.2. The van der Waals surface area contributed by atoms with Gasteiger partial charge in [-0.15, -0.1) is 11.7 Å². The van der Waals surface area contributed by atoms with Crippen molar-refractivity contribution in [1.82, 2.24) is 5.32 Å². The van der Waals surface area contributed by atoms with E-state index in [-0.39, 0.29) is 6.04 Å². The van der Waals surface area contributed by atoms with Crippen LogP contribution in [0.5, 0.6) is 0 Å². The molecule has 0 unspecified atom stereocenters. The number of nitrogens with zero attached hydrogens (tertiary/aromatic N) is 3. The fourth-order valence-corrected chi connectivity index (χ4v) is 1.87. The molecule has 0 bridgehead atoms. The minimum absolute atomic E-state index is 0.221. The number of azo groups is 1. The number of aliphatic hydroxyl groups is 2. The van der Waals surface area contributed by atoms with Gasteiger partial charge in [0.25, 0.3) is 0 Å². The van der Waals surface area contributed by atoms with E-state index < -0.39 is 18.2 Å². The average Bonchev–Trinajstić information content (AvgIpc) is 2.60. The van der Waals surface area contributed by atoms with Gasteiger partial charge in [0, 0.05) is 13.1 Å². The Bertz CT molecular complexity index is 317. The Morgan fingerprint density at radius 2 is 2.12 bits per heavy atom. The number of amidine groups is 1. The number of hydrogen-bond donors (Lipinski definition) is 3. The quantitative estimate of drug-likeness (QED) is 0.282. The van der Waals surface area contributed by atoms with E-state index in [0.29, 0.717) is 18.8 Å². The van der Waals surface area contributed by atoms with E-state index >= 15 is 0 Å². The lowest BCUT2D eigenvalue weighted by Crippen LogP contribution is -2.39. The van der Waals surface area contributed by atoms with E-state index in [9.17, 15) is 10.2 Å². The zero-order valence-electron chi connectivity index (χ0n) is 10.2. The molecule has 0 saturated carbocycles. The molecule has 1 aliphatic rings. The van der Waals surface area contributed by atoms with Gasteiger partial charge in [-0.25, -0.2) is 0 Å². The van der Waals surface area contributed by atoms with Crippen molar-refractivity contribution >= 4 is 5.84 Å². The molecule has 1 fully saturated rings. The Kier molecular flexibility index (Phi) is 5.40. The Morgan fingerprint density at radius 1 is 1.41 bits per heavy atom. The molecule has 6 nitrogen and oxygen atoms in total. The summed E-state index contributed by atoms with van der Waals surface area (Å²) in [6, 6.07) is -0.698. The van der Waals surface area contributed by atoms with Crippen molar-refractivity contribution < 1.29 is 10.2 Å². The lowest BCUT2D eigenvalue weighted by molar-refractivity contribution is 0.0356. The summed E-state index contributed by atoms with van der Waals surface area (Å²) in [5.41, 5.74) is 0. The molecule has 1 aliphatic heterocycles. The lowest BCUT2D eigenvalue weighted by atomic mass is 10.1. The highest BCUT2D eigenvalue weighted by atomic mass is 16.3. The summed E-state index contributed by atoms with van der Waals surface area (Å²) in [5.74, 6) is 0.407. The monoisotopic (exact) mass is 240 g/mol. The molecule has 1 heterocycles. The van der Waals surface area contributed by atoms with Gasteiger partial charge in [0.2, 0.25) is 0 Å². The van der Waals surface area contributed by atoms with Crippen molar-refractivity contribution in [2.75, 3.05) is 13.6 Å². The topological polar surface area (TPSA) is 89.6 Å². The predicted molar refractivity (Wildman–Crippen MR) is 66.3 cm³/mol. The van der Waals surface area contributed by atoms with Crippen LogP contribution in [-0.2, 0) is 0 Å². The minimum atomic E-state index is -0.922. The van der Waals surface area contributed by atoms with E-state index in [1.165, 1.54) is 0 Å². The summed E-state index contributed by atoms with van der Waals surface area (Å²) in [4.78, 5) is 3.98. The standard InChI is InChI=1S/C11H20N4O2/c1-4-6-7-9(16)10(17)8(14-7)11(12-3)15-13-5-2/h4,7-10,14,16-17H,1,5-6H2,2-3H3/t7-,8-,9-,10+/m0/s1. The van der Waals surface area contributed by atoms with Crippen LogP contribution in [0.1, 0.15) is 13.3 Å². The molecule has 17 heavy (non-hydrogen) atoms. The first-order valence-electron chi connectivity index (χ1n) is 5.72. The van der Waals surface area contributed by atoms with Crippen LogP contribution in [0.3, 0.4) is 0 Å². The van der Waals surface area contributed by atoms with Gasteiger partial charge in [0.1, 0.15) is 6.10 Å². The molecule has 4 atom stereocenters. The summed E-state index contributed by atoms with van der Waals surface area (Å²) in [5, 5.41) is 30.7. The minimum Gasteiger partial charge on any atom is -0.389 e. The Balaban J connectivity index is 2.78. The van der Waals surface area contributed by atoms with Crippen LogP contribution in [0, 0.1) is 0 Å².